The minimum atomic E-state index is -0.315. The summed E-state index contributed by atoms with van der Waals surface area (Å²) in [5.74, 6) is -0.315. The van der Waals surface area contributed by atoms with Crippen molar-refractivity contribution in [3.63, 3.8) is 0 Å². The van der Waals surface area contributed by atoms with Crippen molar-refractivity contribution in [3.05, 3.63) is 62.8 Å². The Balaban J connectivity index is 2.16. The molecule has 0 atom stereocenters. The van der Waals surface area contributed by atoms with Crippen LogP contribution in [0.2, 0.25) is 15.1 Å². The van der Waals surface area contributed by atoms with Gasteiger partial charge in [-0.2, -0.15) is 0 Å². The molecule has 0 aromatic heterocycles. The highest BCUT2D eigenvalue weighted by Gasteiger charge is 2.05. The van der Waals surface area contributed by atoms with Crippen molar-refractivity contribution < 1.29 is 4.39 Å². The lowest BCUT2D eigenvalue weighted by Gasteiger charge is -2.10. The van der Waals surface area contributed by atoms with Crippen LogP contribution in [0, 0.1) is 5.82 Å². The maximum absolute atomic E-state index is 13.5. The Morgan fingerprint density at radius 3 is 2.39 bits per heavy atom. The predicted molar refractivity (Wildman–Crippen MR) is 75.2 cm³/mol. The summed E-state index contributed by atoms with van der Waals surface area (Å²) in [6.07, 6.45) is 0. The number of halogens is 4. The van der Waals surface area contributed by atoms with Gasteiger partial charge in [-0.3, -0.25) is 0 Å². The monoisotopic (exact) mass is 303 g/mol. The first-order valence-corrected chi connectivity index (χ1v) is 6.32. The summed E-state index contributed by atoms with van der Waals surface area (Å²) in [5.41, 5.74) is 1.13. The zero-order valence-electron chi connectivity index (χ0n) is 9.18. The van der Waals surface area contributed by atoms with E-state index in [2.05, 4.69) is 5.32 Å². The summed E-state index contributed by atoms with van der Waals surface area (Å²) in [6, 6.07) is 9.47. The number of anilines is 1. The maximum Gasteiger partial charge on any atom is 0.128 e. The first-order valence-electron chi connectivity index (χ1n) is 5.19. The maximum atomic E-state index is 13.5. The molecule has 5 heteroatoms. The molecule has 0 fully saturated rings. The van der Waals surface area contributed by atoms with Crippen molar-refractivity contribution in [1.29, 1.82) is 0 Å². The first kappa shape index (κ1) is 13.5. The molecule has 0 saturated heterocycles. The largest absolute Gasteiger partial charge is 0.380 e. The van der Waals surface area contributed by atoms with Crippen molar-refractivity contribution in [2.24, 2.45) is 0 Å². The Kier molecular flexibility index (Phi) is 4.33. The second-order valence-electron chi connectivity index (χ2n) is 3.71. The highest BCUT2D eigenvalue weighted by atomic mass is 35.5. The van der Waals surface area contributed by atoms with Gasteiger partial charge in [0.2, 0.25) is 0 Å². The zero-order chi connectivity index (χ0) is 13.1. The van der Waals surface area contributed by atoms with Crippen LogP contribution in [-0.2, 0) is 6.54 Å². The number of hydrogen-bond donors (Lipinski definition) is 1. The summed E-state index contributed by atoms with van der Waals surface area (Å²) < 4.78 is 13.5. The van der Waals surface area contributed by atoms with E-state index in [-0.39, 0.29) is 12.4 Å². The van der Waals surface area contributed by atoms with E-state index in [4.69, 9.17) is 34.8 Å². The molecule has 94 valence electrons. The van der Waals surface area contributed by atoms with Gasteiger partial charge in [0, 0.05) is 22.2 Å². The molecule has 1 nitrogen and oxygen atoms in total. The summed E-state index contributed by atoms with van der Waals surface area (Å²) in [7, 11) is 0. The Morgan fingerprint density at radius 2 is 1.61 bits per heavy atom. The number of hydrogen-bond acceptors (Lipinski definition) is 1. The minimum Gasteiger partial charge on any atom is -0.380 e. The third-order valence-corrected chi connectivity index (χ3v) is 3.21. The highest BCUT2D eigenvalue weighted by Crippen LogP contribution is 2.26. The van der Waals surface area contributed by atoms with Gasteiger partial charge in [-0.05, 0) is 36.4 Å². The quantitative estimate of drug-likeness (QED) is 0.800. The smallest absolute Gasteiger partial charge is 0.128 e. The van der Waals surface area contributed by atoms with E-state index in [1.807, 2.05) is 0 Å². The molecule has 0 spiro atoms. The van der Waals surface area contributed by atoms with E-state index < -0.39 is 0 Å². The van der Waals surface area contributed by atoms with Crippen LogP contribution < -0.4 is 5.32 Å². The molecule has 0 aliphatic rings. The summed E-state index contributed by atoms with van der Waals surface area (Å²) >= 11 is 17.7. The topological polar surface area (TPSA) is 12.0 Å². The molecule has 0 bridgehead atoms. The van der Waals surface area contributed by atoms with Crippen molar-refractivity contribution in [2.45, 2.75) is 6.54 Å². The van der Waals surface area contributed by atoms with E-state index in [1.54, 1.807) is 24.3 Å². The molecule has 0 amide bonds. The highest BCUT2D eigenvalue weighted by molar-refractivity contribution is 6.35. The molecule has 0 saturated carbocycles. The van der Waals surface area contributed by atoms with E-state index >= 15 is 0 Å². The van der Waals surface area contributed by atoms with Gasteiger partial charge in [-0.25, -0.2) is 4.39 Å². The van der Waals surface area contributed by atoms with Crippen LogP contribution in [0.25, 0.3) is 0 Å². The van der Waals surface area contributed by atoms with E-state index in [0.29, 0.717) is 26.3 Å². The zero-order valence-corrected chi connectivity index (χ0v) is 11.5. The second-order valence-corrected chi connectivity index (χ2v) is 4.99. The summed E-state index contributed by atoms with van der Waals surface area (Å²) in [5, 5.41) is 4.61. The number of rotatable bonds is 3. The molecule has 1 N–H and O–H groups in total. The van der Waals surface area contributed by atoms with Gasteiger partial charge in [0.25, 0.3) is 0 Å². The molecule has 0 radical (unpaired) electrons. The lowest BCUT2D eigenvalue weighted by atomic mass is 10.2. The van der Waals surface area contributed by atoms with Gasteiger partial charge in [0.05, 0.1) is 10.7 Å². The van der Waals surface area contributed by atoms with Gasteiger partial charge in [-0.1, -0.05) is 34.8 Å². The molecular formula is C13H9Cl3FN. The molecule has 0 unspecified atom stereocenters. The number of nitrogens with one attached hydrogen (secondary N) is 1. The van der Waals surface area contributed by atoms with Gasteiger partial charge >= 0.3 is 0 Å². The molecule has 18 heavy (non-hydrogen) atoms. The fourth-order valence-corrected chi connectivity index (χ4v) is 2.05. The molecule has 2 aromatic carbocycles. The van der Waals surface area contributed by atoms with Crippen LogP contribution in [0.5, 0.6) is 0 Å². The molecule has 2 aromatic rings. The molecule has 0 heterocycles. The molecule has 0 aliphatic carbocycles. The van der Waals surface area contributed by atoms with Crippen molar-refractivity contribution in [1.82, 2.24) is 0 Å². The van der Waals surface area contributed by atoms with Gasteiger partial charge in [-0.15, -0.1) is 0 Å². The summed E-state index contributed by atoms with van der Waals surface area (Å²) in [6.45, 7) is 0.284. The van der Waals surface area contributed by atoms with Crippen LogP contribution in [0.15, 0.2) is 36.4 Å². The third kappa shape index (κ3) is 3.29. The predicted octanol–water partition coefficient (Wildman–Crippen LogP) is 5.40. The van der Waals surface area contributed by atoms with E-state index in [1.165, 1.54) is 12.1 Å². The van der Waals surface area contributed by atoms with Crippen LogP contribution in [0.1, 0.15) is 5.56 Å². The molecular weight excluding hydrogens is 296 g/mol. The third-order valence-electron chi connectivity index (χ3n) is 2.41. The second kappa shape index (κ2) is 5.79. The van der Waals surface area contributed by atoms with Crippen LogP contribution in [0.4, 0.5) is 10.1 Å². The number of benzene rings is 2. The van der Waals surface area contributed by atoms with Crippen LogP contribution in [0.3, 0.4) is 0 Å². The fraction of sp³-hybridized carbons (Fsp3) is 0.0769. The van der Waals surface area contributed by atoms with Gasteiger partial charge in [0.1, 0.15) is 5.82 Å². The SMILES string of the molecule is Fc1ccc(Cl)cc1CNc1cc(Cl)ccc1Cl. The Morgan fingerprint density at radius 1 is 0.944 bits per heavy atom. The molecule has 0 aliphatic heterocycles. The van der Waals surface area contributed by atoms with Gasteiger partial charge in [0.15, 0.2) is 0 Å². The normalized spacial score (nSPS) is 10.4. The summed E-state index contributed by atoms with van der Waals surface area (Å²) in [4.78, 5) is 0. The lowest BCUT2D eigenvalue weighted by Crippen LogP contribution is -2.02. The average molecular weight is 305 g/mol. The van der Waals surface area contributed by atoms with Crippen LogP contribution >= 0.6 is 34.8 Å². The van der Waals surface area contributed by atoms with Crippen LogP contribution in [-0.4, -0.2) is 0 Å². The van der Waals surface area contributed by atoms with Crippen molar-refractivity contribution in [2.75, 3.05) is 5.32 Å². The lowest BCUT2D eigenvalue weighted by molar-refractivity contribution is 0.613. The van der Waals surface area contributed by atoms with E-state index in [0.717, 1.165) is 0 Å². The molecule has 2 rings (SSSR count). The Bertz CT molecular complexity index is 521. The minimum absolute atomic E-state index is 0.284. The Labute approximate surface area is 119 Å². The fourth-order valence-electron chi connectivity index (χ4n) is 1.50. The van der Waals surface area contributed by atoms with E-state index in [9.17, 15) is 4.39 Å². The van der Waals surface area contributed by atoms with Crippen molar-refractivity contribution >= 4 is 40.5 Å². The standard InChI is InChI=1S/C13H9Cl3FN/c14-9-2-4-12(17)8(5-9)7-18-13-6-10(15)1-3-11(13)16/h1-6,18H,7H2. The Hall–Kier alpha value is -0.960. The average Bonchev–Trinajstić information content (AvgIpc) is 2.34. The first-order chi connectivity index (χ1) is 8.56. The van der Waals surface area contributed by atoms with Gasteiger partial charge < -0.3 is 5.32 Å². The van der Waals surface area contributed by atoms with Crippen molar-refractivity contribution in [3.8, 4) is 0 Å².